The van der Waals surface area contributed by atoms with Gasteiger partial charge in [0.05, 0.1) is 15.3 Å². The van der Waals surface area contributed by atoms with Crippen LogP contribution in [0.4, 0.5) is 0 Å². The first-order valence-corrected chi connectivity index (χ1v) is 7.51. The highest BCUT2D eigenvalue weighted by atomic mass is 35.5. The Hall–Kier alpha value is -1.36. The molecule has 1 atom stereocenters. The summed E-state index contributed by atoms with van der Waals surface area (Å²) in [5.41, 5.74) is 0.868. The minimum atomic E-state index is -0.557. The first kappa shape index (κ1) is 15.0. The van der Waals surface area contributed by atoms with Crippen molar-refractivity contribution in [1.29, 1.82) is 0 Å². The number of halogens is 1. The molecule has 2 aromatic rings. The van der Waals surface area contributed by atoms with Gasteiger partial charge in [-0.15, -0.1) is 11.3 Å². The molecule has 1 aromatic heterocycles. The second-order valence-electron chi connectivity index (χ2n) is 4.55. The van der Waals surface area contributed by atoms with Crippen molar-refractivity contribution in [1.82, 2.24) is 4.90 Å². The van der Waals surface area contributed by atoms with Crippen molar-refractivity contribution < 1.29 is 9.90 Å². The van der Waals surface area contributed by atoms with Crippen molar-refractivity contribution in [3.63, 3.8) is 0 Å². The molecule has 0 aliphatic carbocycles. The molecule has 2 rings (SSSR count). The van der Waals surface area contributed by atoms with Gasteiger partial charge in [0.25, 0.3) is 5.91 Å². The number of thiophene rings is 1. The Kier molecular flexibility index (Phi) is 5.17. The van der Waals surface area contributed by atoms with Crippen LogP contribution in [0.1, 0.15) is 27.8 Å². The van der Waals surface area contributed by atoms with E-state index < -0.39 is 6.10 Å². The lowest BCUT2D eigenvalue weighted by molar-refractivity contribution is 0.0766. The smallest absolute Gasteiger partial charge is 0.263 e. The number of carbonyl (C=O) groups excluding carboxylic acids is 1. The normalized spacial score (nSPS) is 12.2. The number of carbonyl (C=O) groups is 1. The Balaban J connectivity index is 1.89. The maximum atomic E-state index is 12.1. The molecule has 106 valence electrons. The molecule has 0 radical (unpaired) electrons. The quantitative estimate of drug-likeness (QED) is 0.917. The lowest BCUT2D eigenvalue weighted by Gasteiger charge is -2.18. The van der Waals surface area contributed by atoms with Gasteiger partial charge in [0.15, 0.2) is 0 Å². The van der Waals surface area contributed by atoms with E-state index in [2.05, 4.69) is 0 Å². The van der Waals surface area contributed by atoms with Crippen molar-refractivity contribution in [3.05, 3.63) is 57.2 Å². The highest BCUT2D eigenvalue weighted by Gasteiger charge is 2.15. The summed E-state index contributed by atoms with van der Waals surface area (Å²) in [6.07, 6.45) is -0.0517. The van der Waals surface area contributed by atoms with Crippen molar-refractivity contribution >= 4 is 28.8 Å². The number of hydrogen-bond acceptors (Lipinski definition) is 3. The summed E-state index contributed by atoms with van der Waals surface area (Å²) in [6, 6.07) is 12.9. The van der Waals surface area contributed by atoms with E-state index >= 15 is 0 Å². The van der Waals surface area contributed by atoms with E-state index in [9.17, 15) is 9.90 Å². The molecule has 0 spiro atoms. The molecule has 1 aromatic carbocycles. The third-order valence-corrected chi connectivity index (χ3v) is 4.27. The average molecular weight is 310 g/mol. The standard InChI is InChI=1S/C15H16ClNO2S/c1-17(15(19)13-7-8-14(16)20-13)10-9-12(18)11-5-3-2-4-6-11/h2-8,12,18H,9-10H2,1H3. The molecule has 20 heavy (non-hydrogen) atoms. The number of nitrogens with zero attached hydrogens (tertiary/aromatic N) is 1. The van der Waals surface area contributed by atoms with Crippen LogP contribution in [0, 0.1) is 0 Å². The minimum Gasteiger partial charge on any atom is -0.388 e. The van der Waals surface area contributed by atoms with Gasteiger partial charge in [-0.05, 0) is 24.1 Å². The number of benzene rings is 1. The van der Waals surface area contributed by atoms with Crippen molar-refractivity contribution in [2.24, 2.45) is 0 Å². The van der Waals surface area contributed by atoms with Crippen molar-refractivity contribution in [2.75, 3.05) is 13.6 Å². The molecule has 3 nitrogen and oxygen atoms in total. The molecule has 0 bridgehead atoms. The zero-order valence-electron chi connectivity index (χ0n) is 11.1. The van der Waals surface area contributed by atoms with Crippen molar-refractivity contribution in [2.45, 2.75) is 12.5 Å². The van der Waals surface area contributed by atoms with Gasteiger partial charge in [-0.25, -0.2) is 0 Å². The van der Waals surface area contributed by atoms with Gasteiger partial charge in [-0.1, -0.05) is 41.9 Å². The summed E-state index contributed by atoms with van der Waals surface area (Å²) in [4.78, 5) is 14.3. The molecule has 0 aliphatic rings. The molecule has 1 unspecified atom stereocenters. The zero-order valence-corrected chi connectivity index (χ0v) is 12.7. The Morgan fingerprint density at radius 1 is 1.30 bits per heavy atom. The topological polar surface area (TPSA) is 40.5 Å². The summed E-state index contributed by atoms with van der Waals surface area (Å²) in [7, 11) is 1.73. The molecule has 0 saturated heterocycles. The maximum Gasteiger partial charge on any atom is 0.263 e. The molecule has 1 N–H and O–H groups in total. The Bertz CT molecular complexity index is 570. The predicted molar refractivity (Wildman–Crippen MR) is 82.3 cm³/mol. The molecule has 1 heterocycles. The fourth-order valence-corrected chi connectivity index (χ4v) is 2.91. The molecular formula is C15H16ClNO2S. The number of aliphatic hydroxyl groups is 1. The molecule has 1 amide bonds. The van der Waals surface area contributed by atoms with Crippen LogP contribution in [0.2, 0.25) is 4.34 Å². The van der Waals surface area contributed by atoms with Crippen LogP contribution >= 0.6 is 22.9 Å². The third kappa shape index (κ3) is 3.82. The van der Waals surface area contributed by atoms with Crippen LogP contribution in [0.3, 0.4) is 0 Å². The SMILES string of the molecule is CN(CCC(O)c1ccccc1)C(=O)c1ccc(Cl)s1. The lowest BCUT2D eigenvalue weighted by atomic mass is 10.1. The van der Waals surface area contributed by atoms with Crippen LogP contribution < -0.4 is 0 Å². The van der Waals surface area contributed by atoms with Gasteiger partial charge < -0.3 is 10.0 Å². The first-order chi connectivity index (χ1) is 9.58. The first-order valence-electron chi connectivity index (χ1n) is 6.31. The zero-order chi connectivity index (χ0) is 14.5. The Labute approximate surface area is 127 Å². The van der Waals surface area contributed by atoms with E-state index in [-0.39, 0.29) is 5.91 Å². The Morgan fingerprint density at radius 3 is 2.60 bits per heavy atom. The van der Waals surface area contributed by atoms with Crippen LogP contribution in [-0.2, 0) is 0 Å². The average Bonchev–Trinajstić information content (AvgIpc) is 2.91. The van der Waals surface area contributed by atoms with Crippen LogP contribution in [-0.4, -0.2) is 29.5 Å². The van der Waals surface area contributed by atoms with Crippen LogP contribution in [0.5, 0.6) is 0 Å². The van der Waals surface area contributed by atoms with E-state index in [0.717, 1.165) is 5.56 Å². The summed E-state index contributed by atoms with van der Waals surface area (Å²) in [5.74, 6) is -0.0674. The highest BCUT2D eigenvalue weighted by Crippen LogP contribution is 2.23. The molecule has 0 aliphatic heterocycles. The monoisotopic (exact) mass is 309 g/mol. The van der Waals surface area contributed by atoms with Gasteiger partial charge in [0, 0.05) is 13.6 Å². The number of hydrogen-bond donors (Lipinski definition) is 1. The van der Waals surface area contributed by atoms with E-state index in [0.29, 0.717) is 22.2 Å². The largest absolute Gasteiger partial charge is 0.388 e. The van der Waals surface area contributed by atoms with E-state index in [4.69, 9.17) is 11.6 Å². The van der Waals surface area contributed by atoms with Crippen LogP contribution in [0.25, 0.3) is 0 Å². The van der Waals surface area contributed by atoms with Gasteiger partial charge in [-0.3, -0.25) is 4.79 Å². The second kappa shape index (κ2) is 6.88. The van der Waals surface area contributed by atoms with Gasteiger partial charge in [-0.2, -0.15) is 0 Å². The second-order valence-corrected chi connectivity index (χ2v) is 6.26. The fourth-order valence-electron chi connectivity index (χ4n) is 1.88. The fraction of sp³-hybridized carbons (Fsp3) is 0.267. The van der Waals surface area contributed by atoms with Gasteiger partial charge >= 0.3 is 0 Å². The molecule has 0 fully saturated rings. The van der Waals surface area contributed by atoms with E-state index in [1.165, 1.54) is 11.3 Å². The molecule has 0 saturated carbocycles. The maximum absolute atomic E-state index is 12.1. The summed E-state index contributed by atoms with van der Waals surface area (Å²) < 4.78 is 0.603. The van der Waals surface area contributed by atoms with E-state index in [1.807, 2.05) is 30.3 Å². The lowest BCUT2D eigenvalue weighted by Crippen LogP contribution is -2.28. The van der Waals surface area contributed by atoms with Gasteiger partial charge in [0.2, 0.25) is 0 Å². The van der Waals surface area contributed by atoms with Crippen molar-refractivity contribution in [3.8, 4) is 0 Å². The van der Waals surface area contributed by atoms with Crippen LogP contribution in [0.15, 0.2) is 42.5 Å². The third-order valence-electron chi connectivity index (χ3n) is 3.05. The minimum absolute atomic E-state index is 0.0674. The highest BCUT2D eigenvalue weighted by molar-refractivity contribution is 7.17. The summed E-state index contributed by atoms with van der Waals surface area (Å²) >= 11 is 7.09. The molecule has 5 heteroatoms. The predicted octanol–water partition coefficient (Wildman–Crippen LogP) is 3.60. The molecular weight excluding hydrogens is 294 g/mol. The number of aliphatic hydroxyl groups excluding tert-OH is 1. The number of amides is 1. The van der Waals surface area contributed by atoms with Gasteiger partial charge in [0.1, 0.15) is 0 Å². The summed E-state index contributed by atoms with van der Waals surface area (Å²) in [5, 5.41) is 10.1. The number of rotatable bonds is 5. The Morgan fingerprint density at radius 2 is 2.00 bits per heavy atom. The summed E-state index contributed by atoms with van der Waals surface area (Å²) in [6.45, 7) is 0.490. The van der Waals surface area contributed by atoms with E-state index in [1.54, 1.807) is 24.1 Å².